The zero-order valence-electron chi connectivity index (χ0n) is 12.3. The maximum Gasteiger partial charge on any atom is 0.138 e. The highest BCUT2D eigenvalue weighted by molar-refractivity contribution is 5.72. The number of nitrogens with zero attached hydrogens (tertiary/aromatic N) is 2. The molecule has 2 aromatic carbocycles. The fourth-order valence-corrected chi connectivity index (χ4v) is 2.41. The zero-order valence-corrected chi connectivity index (χ0v) is 12.3. The van der Waals surface area contributed by atoms with Gasteiger partial charge in [-0.1, -0.05) is 12.1 Å². The molecule has 23 heavy (non-hydrogen) atoms. The molecular weight excluding hydrogens is 293 g/mol. The highest BCUT2D eigenvalue weighted by Crippen LogP contribution is 2.32. The summed E-state index contributed by atoms with van der Waals surface area (Å²) in [5, 5.41) is 18.9. The molecule has 4 nitrogen and oxygen atoms in total. The van der Waals surface area contributed by atoms with Crippen molar-refractivity contribution in [2.45, 2.75) is 12.8 Å². The van der Waals surface area contributed by atoms with E-state index in [1.807, 2.05) is 6.07 Å². The van der Waals surface area contributed by atoms with E-state index in [9.17, 15) is 9.50 Å². The monoisotopic (exact) mass is 307 g/mol. The Hall–Kier alpha value is -3.13. The second kappa shape index (κ2) is 6.32. The molecule has 0 aliphatic heterocycles. The van der Waals surface area contributed by atoms with E-state index in [1.165, 1.54) is 12.1 Å². The Morgan fingerprint density at radius 3 is 2.57 bits per heavy atom. The van der Waals surface area contributed by atoms with Crippen LogP contribution in [0.5, 0.6) is 5.75 Å². The Balaban J connectivity index is 2.09. The number of aryl methyl sites for hydroxylation is 1. The summed E-state index contributed by atoms with van der Waals surface area (Å²) < 4.78 is 13.1. The molecule has 0 aliphatic carbocycles. The van der Waals surface area contributed by atoms with Crippen molar-refractivity contribution in [1.29, 1.82) is 5.26 Å². The van der Waals surface area contributed by atoms with E-state index < -0.39 is 0 Å². The van der Waals surface area contributed by atoms with Gasteiger partial charge in [0.1, 0.15) is 17.4 Å². The van der Waals surface area contributed by atoms with Gasteiger partial charge in [0.2, 0.25) is 0 Å². The minimum atomic E-state index is -0.314. The molecule has 0 aliphatic rings. The number of nitrogens with one attached hydrogen (secondary N) is 1. The van der Waals surface area contributed by atoms with Crippen molar-refractivity contribution < 1.29 is 9.50 Å². The molecule has 3 aromatic rings. The van der Waals surface area contributed by atoms with Crippen molar-refractivity contribution in [2.75, 3.05) is 0 Å². The molecule has 0 bridgehead atoms. The molecule has 1 aromatic heterocycles. The quantitative estimate of drug-likeness (QED) is 0.764. The third-order valence-electron chi connectivity index (χ3n) is 3.54. The number of nitriles is 1. The van der Waals surface area contributed by atoms with E-state index >= 15 is 0 Å². The van der Waals surface area contributed by atoms with Crippen LogP contribution in [0, 0.1) is 17.1 Å². The number of imidazole rings is 1. The van der Waals surface area contributed by atoms with Crippen LogP contribution in [0.15, 0.2) is 48.5 Å². The van der Waals surface area contributed by atoms with E-state index in [-0.39, 0.29) is 11.6 Å². The molecule has 0 saturated heterocycles. The zero-order chi connectivity index (χ0) is 16.2. The van der Waals surface area contributed by atoms with E-state index in [4.69, 9.17) is 5.26 Å². The predicted molar refractivity (Wildman–Crippen MR) is 85.0 cm³/mol. The number of aromatic hydroxyl groups is 1. The van der Waals surface area contributed by atoms with Crippen molar-refractivity contribution in [3.05, 3.63) is 60.0 Å². The smallest absolute Gasteiger partial charge is 0.138 e. The lowest BCUT2D eigenvalue weighted by molar-refractivity contribution is 0.477. The van der Waals surface area contributed by atoms with E-state index in [0.29, 0.717) is 29.9 Å². The second-order valence-electron chi connectivity index (χ2n) is 5.09. The number of hydrogen-bond donors (Lipinski definition) is 2. The molecule has 0 radical (unpaired) electrons. The van der Waals surface area contributed by atoms with E-state index in [2.05, 4.69) is 16.0 Å². The molecule has 1 heterocycles. The van der Waals surface area contributed by atoms with E-state index in [1.54, 1.807) is 30.3 Å². The summed E-state index contributed by atoms with van der Waals surface area (Å²) in [4.78, 5) is 7.73. The third-order valence-corrected chi connectivity index (χ3v) is 3.54. The Morgan fingerprint density at radius 1 is 1.13 bits per heavy atom. The highest BCUT2D eigenvalue weighted by atomic mass is 19.1. The number of aromatic amines is 1. The number of halogens is 1. The van der Waals surface area contributed by atoms with Gasteiger partial charge in [0.15, 0.2) is 0 Å². The van der Waals surface area contributed by atoms with Gasteiger partial charge < -0.3 is 10.1 Å². The Morgan fingerprint density at radius 2 is 1.87 bits per heavy atom. The lowest BCUT2D eigenvalue weighted by Crippen LogP contribution is -1.89. The van der Waals surface area contributed by atoms with Crippen LogP contribution in [0.4, 0.5) is 4.39 Å². The number of para-hydroxylation sites is 1. The Kier molecular flexibility index (Phi) is 4.07. The van der Waals surface area contributed by atoms with Crippen molar-refractivity contribution >= 4 is 0 Å². The van der Waals surface area contributed by atoms with Crippen LogP contribution in [0.1, 0.15) is 12.1 Å². The van der Waals surface area contributed by atoms with Gasteiger partial charge in [-0.25, -0.2) is 9.37 Å². The molecule has 0 saturated carbocycles. The first-order chi connectivity index (χ1) is 11.2. The van der Waals surface area contributed by atoms with Crippen LogP contribution in [0.3, 0.4) is 0 Å². The van der Waals surface area contributed by atoms with Gasteiger partial charge in [0.25, 0.3) is 0 Å². The maximum atomic E-state index is 13.1. The predicted octanol–water partition coefficient (Wildman–Crippen LogP) is 4.04. The van der Waals surface area contributed by atoms with Crippen molar-refractivity contribution in [2.24, 2.45) is 0 Å². The number of aromatic nitrogens is 2. The molecule has 0 spiro atoms. The van der Waals surface area contributed by atoms with Gasteiger partial charge in [-0.3, -0.25) is 0 Å². The maximum absolute atomic E-state index is 13.1. The van der Waals surface area contributed by atoms with Crippen molar-refractivity contribution in [1.82, 2.24) is 9.97 Å². The number of hydrogen-bond acceptors (Lipinski definition) is 3. The number of H-pyrrole nitrogens is 1. The van der Waals surface area contributed by atoms with Crippen LogP contribution in [-0.4, -0.2) is 15.1 Å². The number of benzene rings is 2. The Labute approximate surface area is 132 Å². The minimum Gasteiger partial charge on any atom is -0.507 e. The van der Waals surface area contributed by atoms with Gasteiger partial charge >= 0.3 is 0 Å². The van der Waals surface area contributed by atoms with Crippen LogP contribution in [0.2, 0.25) is 0 Å². The average molecular weight is 307 g/mol. The number of rotatable bonds is 4. The Bertz CT molecular complexity index is 863. The first-order valence-electron chi connectivity index (χ1n) is 7.19. The van der Waals surface area contributed by atoms with Crippen molar-refractivity contribution in [3.63, 3.8) is 0 Å². The largest absolute Gasteiger partial charge is 0.507 e. The van der Waals surface area contributed by atoms with Crippen LogP contribution >= 0.6 is 0 Å². The molecule has 0 atom stereocenters. The fraction of sp³-hybridized carbons (Fsp3) is 0.111. The SMILES string of the molecule is N#CCCc1[nH]c(-c2ccc(F)cc2)nc1-c1ccccc1O. The highest BCUT2D eigenvalue weighted by Gasteiger charge is 2.15. The molecule has 114 valence electrons. The third kappa shape index (κ3) is 3.06. The average Bonchev–Trinajstić information content (AvgIpc) is 2.98. The van der Waals surface area contributed by atoms with Crippen LogP contribution < -0.4 is 0 Å². The summed E-state index contributed by atoms with van der Waals surface area (Å²) in [5.74, 6) is 0.394. The molecule has 0 amide bonds. The van der Waals surface area contributed by atoms with Gasteiger partial charge in [-0.2, -0.15) is 5.26 Å². The fourth-order valence-electron chi connectivity index (χ4n) is 2.41. The summed E-state index contributed by atoms with van der Waals surface area (Å²) in [5.41, 5.74) is 2.72. The molecule has 0 unspecified atom stereocenters. The number of phenolic OH excluding ortho intramolecular Hbond substituents is 1. The van der Waals surface area contributed by atoms with Gasteiger partial charge in [-0.05, 0) is 36.4 Å². The standard InChI is InChI=1S/C18H14FN3O/c19-13-9-7-12(8-10-13)18-21-15(5-3-11-20)17(22-18)14-4-1-2-6-16(14)23/h1-2,4,6-10,23H,3,5H2,(H,21,22). The second-order valence-corrected chi connectivity index (χ2v) is 5.09. The summed E-state index contributed by atoms with van der Waals surface area (Å²) in [6, 6.07) is 15.0. The number of phenols is 1. The van der Waals surface area contributed by atoms with Gasteiger partial charge in [-0.15, -0.1) is 0 Å². The molecule has 5 heteroatoms. The van der Waals surface area contributed by atoms with Gasteiger partial charge in [0.05, 0.1) is 11.8 Å². The van der Waals surface area contributed by atoms with E-state index in [0.717, 1.165) is 11.3 Å². The topological polar surface area (TPSA) is 72.7 Å². The molecule has 0 fully saturated rings. The lowest BCUT2D eigenvalue weighted by Gasteiger charge is -2.03. The van der Waals surface area contributed by atoms with Gasteiger partial charge in [0, 0.05) is 29.7 Å². The lowest BCUT2D eigenvalue weighted by atomic mass is 10.1. The van der Waals surface area contributed by atoms with Crippen LogP contribution in [-0.2, 0) is 6.42 Å². The minimum absolute atomic E-state index is 0.128. The normalized spacial score (nSPS) is 10.4. The first-order valence-corrected chi connectivity index (χ1v) is 7.19. The summed E-state index contributed by atoms with van der Waals surface area (Å²) in [6.45, 7) is 0. The van der Waals surface area contributed by atoms with Crippen LogP contribution in [0.25, 0.3) is 22.6 Å². The summed E-state index contributed by atoms with van der Waals surface area (Å²) in [6.07, 6.45) is 0.833. The first kappa shape index (κ1) is 14.8. The van der Waals surface area contributed by atoms with Crippen molar-refractivity contribution in [3.8, 4) is 34.5 Å². The molecule has 2 N–H and O–H groups in total. The summed E-state index contributed by atoms with van der Waals surface area (Å²) >= 11 is 0. The molecule has 3 rings (SSSR count). The summed E-state index contributed by atoms with van der Waals surface area (Å²) in [7, 11) is 0. The molecular formula is C18H14FN3O.